The zero-order valence-corrected chi connectivity index (χ0v) is 12.5. The molecular formula is C16H11ClO3S. The number of ketones is 1. The van der Waals surface area contributed by atoms with Crippen molar-refractivity contribution in [2.75, 3.05) is 5.75 Å². The summed E-state index contributed by atoms with van der Waals surface area (Å²) in [6, 6.07) is 13.2. The van der Waals surface area contributed by atoms with E-state index in [9.17, 15) is 13.2 Å². The van der Waals surface area contributed by atoms with Crippen LogP contribution in [-0.2, 0) is 9.84 Å². The second kappa shape index (κ2) is 5.13. The summed E-state index contributed by atoms with van der Waals surface area (Å²) in [5, 5.41) is 0.588. The van der Waals surface area contributed by atoms with Crippen molar-refractivity contribution < 1.29 is 13.2 Å². The number of benzene rings is 2. The normalized spacial score (nSPS) is 18.5. The van der Waals surface area contributed by atoms with Crippen molar-refractivity contribution in [2.45, 2.75) is 4.90 Å². The van der Waals surface area contributed by atoms with Crippen LogP contribution in [0.15, 0.2) is 59.0 Å². The Morgan fingerprint density at radius 3 is 2.38 bits per heavy atom. The van der Waals surface area contributed by atoms with E-state index in [0.717, 1.165) is 5.56 Å². The van der Waals surface area contributed by atoms with E-state index < -0.39 is 9.84 Å². The van der Waals surface area contributed by atoms with Crippen LogP contribution in [0.25, 0.3) is 6.08 Å². The highest BCUT2D eigenvalue weighted by Gasteiger charge is 2.32. The molecule has 2 aromatic carbocycles. The fraction of sp³-hybridized carbons (Fsp3) is 0.0625. The number of carbonyl (C=O) groups excluding carboxylic acids is 1. The molecule has 1 aliphatic heterocycles. The largest absolute Gasteiger partial charge is 0.289 e. The lowest BCUT2D eigenvalue weighted by molar-refractivity contribution is 0.103. The molecule has 0 unspecified atom stereocenters. The van der Waals surface area contributed by atoms with Crippen LogP contribution in [0.4, 0.5) is 0 Å². The fourth-order valence-electron chi connectivity index (χ4n) is 2.31. The maximum atomic E-state index is 12.4. The SMILES string of the molecule is O=C1/C(=C\c2ccc(Cl)cc2)CS(=O)(=O)c2ccccc21. The molecule has 0 N–H and O–H groups in total. The van der Waals surface area contributed by atoms with Crippen molar-refractivity contribution in [3.8, 4) is 0 Å². The first-order chi connectivity index (χ1) is 9.97. The van der Waals surface area contributed by atoms with Crippen LogP contribution in [0.3, 0.4) is 0 Å². The zero-order valence-electron chi connectivity index (χ0n) is 10.9. The molecule has 0 spiro atoms. The second-order valence-corrected chi connectivity index (χ2v) is 7.20. The molecule has 3 rings (SSSR count). The lowest BCUT2D eigenvalue weighted by atomic mass is 10.0. The molecule has 1 aliphatic rings. The Labute approximate surface area is 127 Å². The Bertz CT molecular complexity index is 849. The molecule has 0 amide bonds. The molecule has 21 heavy (non-hydrogen) atoms. The van der Waals surface area contributed by atoms with Crippen LogP contribution >= 0.6 is 11.6 Å². The first kappa shape index (κ1) is 14.0. The lowest BCUT2D eigenvalue weighted by Gasteiger charge is -2.17. The third kappa shape index (κ3) is 2.64. The number of halogens is 1. The van der Waals surface area contributed by atoms with Gasteiger partial charge in [-0.15, -0.1) is 0 Å². The number of hydrogen-bond donors (Lipinski definition) is 0. The predicted octanol–water partition coefficient (Wildman–Crippen LogP) is 3.39. The molecule has 0 aliphatic carbocycles. The van der Waals surface area contributed by atoms with Crippen LogP contribution in [0.5, 0.6) is 0 Å². The average molecular weight is 319 g/mol. The third-order valence-corrected chi connectivity index (χ3v) is 5.28. The minimum absolute atomic E-state index is 0.114. The molecule has 0 saturated heterocycles. The Hall–Kier alpha value is -1.91. The van der Waals surface area contributed by atoms with E-state index in [0.29, 0.717) is 5.02 Å². The lowest BCUT2D eigenvalue weighted by Crippen LogP contribution is -2.24. The van der Waals surface area contributed by atoms with E-state index >= 15 is 0 Å². The number of Topliss-reactive ketones (excluding diaryl/α,β-unsaturated/α-hetero) is 1. The third-order valence-electron chi connectivity index (χ3n) is 3.31. The molecule has 0 aromatic heterocycles. The highest BCUT2D eigenvalue weighted by Crippen LogP contribution is 2.28. The quantitative estimate of drug-likeness (QED) is 0.757. The van der Waals surface area contributed by atoms with E-state index in [1.807, 2.05) is 0 Å². The Balaban J connectivity index is 2.11. The van der Waals surface area contributed by atoms with Crippen LogP contribution in [0, 0.1) is 0 Å². The van der Waals surface area contributed by atoms with Crippen LogP contribution in [0.1, 0.15) is 15.9 Å². The molecule has 0 saturated carbocycles. The minimum atomic E-state index is -3.47. The van der Waals surface area contributed by atoms with Crippen molar-refractivity contribution in [2.24, 2.45) is 0 Å². The van der Waals surface area contributed by atoms with Crippen LogP contribution in [0.2, 0.25) is 5.02 Å². The standard InChI is InChI=1S/C16H11ClO3S/c17-13-7-5-11(6-8-13)9-12-10-21(19,20)15-4-2-1-3-14(15)16(12)18/h1-9H,10H2/b12-9-. The molecule has 106 valence electrons. The molecule has 0 radical (unpaired) electrons. The summed E-state index contributed by atoms with van der Waals surface area (Å²) >= 11 is 5.81. The highest BCUT2D eigenvalue weighted by molar-refractivity contribution is 7.91. The summed E-state index contributed by atoms with van der Waals surface area (Å²) in [5.41, 5.74) is 1.26. The van der Waals surface area contributed by atoms with E-state index in [4.69, 9.17) is 11.6 Å². The maximum Gasteiger partial charge on any atom is 0.191 e. The van der Waals surface area contributed by atoms with Crippen molar-refractivity contribution in [1.29, 1.82) is 0 Å². The molecular weight excluding hydrogens is 308 g/mol. The molecule has 0 bridgehead atoms. The average Bonchev–Trinajstić information content (AvgIpc) is 2.47. The molecule has 3 nitrogen and oxygen atoms in total. The number of hydrogen-bond acceptors (Lipinski definition) is 3. The zero-order chi connectivity index (χ0) is 15.0. The summed E-state index contributed by atoms with van der Waals surface area (Å²) in [4.78, 5) is 12.5. The molecule has 0 atom stereocenters. The van der Waals surface area contributed by atoms with E-state index in [2.05, 4.69) is 0 Å². The van der Waals surface area contributed by atoms with Gasteiger partial charge in [0.1, 0.15) is 0 Å². The fourth-order valence-corrected chi connectivity index (χ4v) is 4.00. The van der Waals surface area contributed by atoms with E-state index in [1.165, 1.54) is 6.07 Å². The van der Waals surface area contributed by atoms with Crippen molar-refractivity contribution in [3.05, 3.63) is 70.3 Å². The summed E-state index contributed by atoms with van der Waals surface area (Å²) in [6.45, 7) is 0. The molecule has 1 heterocycles. The summed E-state index contributed by atoms with van der Waals surface area (Å²) < 4.78 is 24.5. The van der Waals surface area contributed by atoms with Gasteiger partial charge in [-0.25, -0.2) is 8.42 Å². The number of sulfone groups is 1. The van der Waals surface area contributed by atoms with Crippen LogP contribution < -0.4 is 0 Å². The second-order valence-electron chi connectivity index (χ2n) is 4.81. The Morgan fingerprint density at radius 2 is 1.67 bits per heavy atom. The Morgan fingerprint density at radius 1 is 1.00 bits per heavy atom. The van der Waals surface area contributed by atoms with Gasteiger partial charge in [-0.3, -0.25) is 4.79 Å². The van der Waals surface area contributed by atoms with Crippen molar-refractivity contribution in [1.82, 2.24) is 0 Å². The van der Waals surface area contributed by atoms with Gasteiger partial charge >= 0.3 is 0 Å². The van der Waals surface area contributed by atoms with Crippen molar-refractivity contribution >= 4 is 33.3 Å². The summed E-state index contributed by atoms with van der Waals surface area (Å²) in [7, 11) is -3.47. The number of carbonyl (C=O) groups is 1. The smallest absolute Gasteiger partial charge is 0.191 e. The van der Waals surface area contributed by atoms with E-state index in [1.54, 1.807) is 48.5 Å². The predicted molar refractivity (Wildman–Crippen MR) is 82.3 cm³/mol. The van der Waals surface area contributed by atoms with Gasteiger partial charge in [0, 0.05) is 16.2 Å². The van der Waals surface area contributed by atoms with Gasteiger partial charge in [-0.2, -0.15) is 0 Å². The van der Waals surface area contributed by atoms with Crippen molar-refractivity contribution in [3.63, 3.8) is 0 Å². The maximum absolute atomic E-state index is 12.4. The minimum Gasteiger partial charge on any atom is -0.289 e. The molecule has 2 aromatic rings. The monoisotopic (exact) mass is 318 g/mol. The van der Waals surface area contributed by atoms with Gasteiger partial charge in [-0.1, -0.05) is 35.9 Å². The summed E-state index contributed by atoms with van der Waals surface area (Å²) in [5.74, 6) is -0.513. The van der Waals surface area contributed by atoms with Crippen LogP contribution in [-0.4, -0.2) is 20.0 Å². The number of rotatable bonds is 1. The van der Waals surface area contributed by atoms with Gasteiger partial charge in [-0.05, 0) is 35.9 Å². The number of fused-ring (bicyclic) bond motifs is 1. The molecule has 0 fully saturated rings. The molecule has 5 heteroatoms. The Kier molecular flexibility index (Phi) is 3.43. The van der Waals surface area contributed by atoms with Gasteiger partial charge < -0.3 is 0 Å². The van der Waals surface area contributed by atoms with Gasteiger partial charge in [0.25, 0.3) is 0 Å². The van der Waals surface area contributed by atoms with E-state index in [-0.39, 0.29) is 27.6 Å². The van der Waals surface area contributed by atoms with Gasteiger partial charge in [0.2, 0.25) is 0 Å². The first-order valence-corrected chi connectivity index (χ1v) is 8.33. The topological polar surface area (TPSA) is 51.2 Å². The first-order valence-electron chi connectivity index (χ1n) is 6.30. The summed E-state index contributed by atoms with van der Waals surface area (Å²) in [6.07, 6.45) is 1.60. The highest BCUT2D eigenvalue weighted by atomic mass is 35.5. The van der Waals surface area contributed by atoms with Gasteiger partial charge in [0.05, 0.1) is 10.6 Å². The van der Waals surface area contributed by atoms with Gasteiger partial charge in [0.15, 0.2) is 15.6 Å².